The molecule has 0 aromatic heterocycles. The van der Waals surface area contributed by atoms with Crippen LogP contribution in [-0.4, -0.2) is 28.8 Å². The van der Waals surface area contributed by atoms with Crippen molar-refractivity contribution in [3.63, 3.8) is 0 Å². The molecule has 0 bridgehead atoms. The third-order valence-electron chi connectivity index (χ3n) is 4.98. The van der Waals surface area contributed by atoms with Crippen molar-refractivity contribution in [2.24, 2.45) is 0 Å². The maximum Gasteiger partial charge on any atom is 0.246 e. The highest BCUT2D eigenvalue weighted by atomic mass is 16.2. The Morgan fingerprint density at radius 3 is 2.76 bits per heavy atom. The van der Waals surface area contributed by atoms with Crippen LogP contribution in [0.5, 0.6) is 0 Å². The number of nitrogens with zero attached hydrogens (tertiary/aromatic N) is 1. The van der Waals surface area contributed by atoms with E-state index in [0.29, 0.717) is 13.0 Å². The van der Waals surface area contributed by atoms with E-state index in [9.17, 15) is 9.59 Å². The Hall–Kier alpha value is -1.84. The Bertz CT molecular complexity index is 596. The number of benzene rings is 1. The van der Waals surface area contributed by atoms with Crippen molar-refractivity contribution in [3.05, 3.63) is 34.9 Å². The summed E-state index contributed by atoms with van der Waals surface area (Å²) in [5.74, 6) is -0.0507. The van der Waals surface area contributed by atoms with Crippen molar-refractivity contribution in [2.45, 2.75) is 51.6 Å². The SMILES string of the molecule is CCC1(C)C(=O)NCC(=O)N1Cc1ccc2c(c1)CCC2. The monoisotopic (exact) mass is 286 g/mol. The highest BCUT2D eigenvalue weighted by Crippen LogP contribution is 2.28. The number of carbonyl (C=O) groups is 2. The topological polar surface area (TPSA) is 49.4 Å². The number of amides is 2. The molecule has 0 saturated carbocycles. The molecule has 1 unspecified atom stereocenters. The molecule has 0 radical (unpaired) electrons. The van der Waals surface area contributed by atoms with Crippen molar-refractivity contribution in [3.8, 4) is 0 Å². The highest BCUT2D eigenvalue weighted by molar-refractivity contribution is 5.97. The summed E-state index contributed by atoms with van der Waals surface area (Å²) >= 11 is 0. The molecular weight excluding hydrogens is 264 g/mol. The van der Waals surface area contributed by atoms with Gasteiger partial charge in [0, 0.05) is 6.54 Å². The van der Waals surface area contributed by atoms with Gasteiger partial charge in [-0.05, 0) is 49.3 Å². The van der Waals surface area contributed by atoms with Crippen LogP contribution in [0.4, 0.5) is 0 Å². The van der Waals surface area contributed by atoms with Gasteiger partial charge in [0.05, 0.1) is 6.54 Å². The van der Waals surface area contributed by atoms with Crippen molar-refractivity contribution in [1.82, 2.24) is 10.2 Å². The number of rotatable bonds is 3. The number of hydrogen-bond donors (Lipinski definition) is 1. The van der Waals surface area contributed by atoms with Gasteiger partial charge < -0.3 is 10.2 Å². The zero-order valence-electron chi connectivity index (χ0n) is 12.7. The summed E-state index contributed by atoms with van der Waals surface area (Å²) in [6.07, 6.45) is 4.13. The first-order chi connectivity index (χ1) is 10.0. The maximum atomic E-state index is 12.3. The van der Waals surface area contributed by atoms with Gasteiger partial charge in [0.2, 0.25) is 11.8 Å². The van der Waals surface area contributed by atoms with Crippen molar-refractivity contribution in [2.75, 3.05) is 6.54 Å². The zero-order chi connectivity index (χ0) is 15.0. The molecule has 112 valence electrons. The number of carbonyl (C=O) groups excluding carboxylic acids is 2. The number of fused-ring (bicyclic) bond motifs is 1. The van der Waals surface area contributed by atoms with E-state index in [-0.39, 0.29) is 18.4 Å². The second-order valence-electron chi connectivity index (χ2n) is 6.25. The summed E-state index contributed by atoms with van der Waals surface area (Å²) in [6.45, 7) is 4.43. The van der Waals surface area contributed by atoms with Gasteiger partial charge in [-0.2, -0.15) is 0 Å². The molecule has 1 saturated heterocycles. The van der Waals surface area contributed by atoms with E-state index in [1.54, 1.807) is 4.90 Å². The average molecular weight is 286 g/mol. The number of nitrogens with one attached hydrogen (secondary N) is 1. The van der Waals surface area contributed by atoms with Crippen LogP contribution in [-0.2, 0) is 29.0 Å². The molecule has 1 aromatic rings. The fourth-order valence-corrected chi connectivity index (χ4v) is 3.36. The molecule has 1 aliphatic heterocycles. The van der Waals surface area contributed by atoms with Crippen molar-refractivity contribution in [1.29, 1.82) is 0 Å². The summed E-state index contributed by atoms with van der Waals surface area (Å²) in [4.78, 5) is 26.2. The second-order valence-corrected chi connectivity index (χ2v) is 6.25. The highest BCUT2D eigenvalue weighted by Gasteiger charge is 2.44. The Labute approximate surface area is 125 Å². The van der Waals surface area contributed by atoms with Gasteiger partial charge in [-0.3, -0.25) is 9.59 Å². The number of piperazine rings is 1. The fraction of sp³-hybridized carbons (Fsp3) is 0.529. The zero-order valence-corrected chi connectivity index (χ0v) is 12.7. The molecule has 2 amide bonds. The van der Waals surface area contributed by atoms with Crippen LogP contribution in [0.15, 0.2) is 18.2 Å². The van der Waals surface area contributed by atoms with Crippen LogP contribution in [0.25, 0.3) is 0 Å². The first-order valence-electron chi connectivity index (χ1n) is 7.74. The van der Waals surface area contributed by atoms with E-state index in [0.717, 1.165) is 18.4 Å². The lowest BCUT2D eigenvalue weighted by Gasteiger charge is -2.43. The normalized spacial score (nSPS) is 25.0. The maximum absolute atomic E-state index is 12.3. The van der Waals surface area contributed by atoms with Gasteiger partial charge in [-0.25, -0.2) is 0 Å². The minimum absolute atomic E-state index is 0.000511. The van der Waals surface area contributed by atoms with Gasteiger partial charge >= 0.3 is 0 Å². The fourth-order valence-electron chi connectivity index (χ4n) is 3.36. The molecule has 1 atom stereocenters. The minimum Gasteiger partial charge on any atom is -0.345 e. The predicted molar refractivity (Wildman–Crippen MR) is 80.7 cm³/mol. The van der Waals surface area contributed by atoms with Crippen LogP contribution in [0, 0.1) is 0 Å². The standard InChI is InChI=1S/C17H22N2O2/c1-3-17(2)16(21)18-10-15(20)19(17)11-12-7-8-13-5-4-6-14(13)9-12/h7-9H,3-6,10-11H2,1-2H3,(H,18,21). The summed E-state index contributed by atoms with van der Waals surface area (Å²) < 4.78 is 0. The van der Waals surface area contributed by atoms with Crippen LogP contribution in [0.3, 0.4) is 0 Å². The Balaban J connectivity index is 1.87. The first kappa shape index (κ1) is 14.1. The number of hydrogen-bond acceptors (Lipinski definition) is 2. The summed E-state index contributed by atoms with van der Waals surface area (Å²) in [5.41, 5.74) is 3.21. The summed E-state index contributed by atoms with van der Waals surface area (Å²) in [7, 11) is 0. The molecule has 1 aliphatic carbocycles. The third kappa shape index (κ3) is 2.33. The van der Waals surface area contributed by atoms with Crippen molar-refractivity contribution < 1.29 is 9.59 Å². The first-order valence-corrected chi connectivity index (χ1v) is 7.74. The van der Waals surface area contributed by atoms with Gasteiger partial charge in [0.1, 0.15) is 5.54 Å². The molecule has 2 aliphatic rings. The van der Waals surface area contributed by atoms with Gasteiger partial charge in [0.15, 0.2) is 0 Å². The second kappa shape index (κ2) is 5.17. The molecule has 1 fully saturated rings. The van der Waals surface area contributed by atoms with Crippen LogP contribution in [0.1, 0.15) is 43.4 Å². The molecular formula is C17H22N2O2. The quantitative estimate of drug-likeness (QED) is 0.921. The molecule has 4 heteroatoms. The van der Waals surface area contributed by atoms with E-state index < -0.39 is 5.54 Å². The molecule has 0 spiro atoms. The van der Waals surface area contributed by atoms with E-state index >= 15 is 0 Å². The minimum atomic E-state index is -0.742. The molecule has 3 rings (SSSR count). The van der Waals surface area contributed by atoms with Gasteiger partial charge in [0.25, 0.3) is 0 Å². The van der Waals surface area contributed by atoms with Crippen LogP contribution >= 0.6 is 0 Å². The van der Waals surface area contributed by atoms with Gasteiger partial charge in [-0.15, -0.1) is 0 Å². The molecule has 21 heavy (non-hydrogen) atoms. The lowest BCUT2D eigenvalue weighted by molar-refractivity contribution is -0.153. The summed E-state index contributed by atoms with van der Waals surface area (Å²) in [5, 5.41) is 2.70. The molecule has 1 aromatic carbocycles. The van der Waals surface area contributed by atoms with E-state index in [1.165, 1.54) is 17.5 Å². The summed E-state index contributed by atoms with van der Waals surface area (Å²) in [6, 6.07) is 6.48. The van der Waals surface area contributed by atoms with E-state index in [4.69, 9.17) is 0 Å². The molecule has 4 nitrogen and oxygen atoms in total. The molecule has 1 heterocycles. The number of aryl methyl sites for hydroxylation is 2. The Morgan fingerprint density at radius 1 is 1.24 bits per heavy atom. The smallest absolute Gasteiger partial charge is 0.246 e. The largest absolute Gasteiger partial charge is 0.345 e. The van der Waals surface area contributed by atoms with E-state index in [1.807, 2.05) is 13.8 Å². The van der Waals surface area contributed by atoms with Gasteiger partial charge in [-0.1, -0.05) is 25.1 Å². The van der Waals surface area contributed by atoms with Crippen LogP contribution < -0.4 is 5.32 Å². The average Bonchev–Trinajstić information content (AvgIpc) is 2.95. The Morgan fingerprint density at radius 2 is 2.00 bits per heavy atom. The third-order valence-corrected chi connectivity index (χ3v) is 4.98. The van der Waals surface area contributed by atoms with Crippen LogP contribution in [0.2, 0.25) is 0 Å². The predicted octanol–water partition coefficient (Wildman–Crippen LogP) is 1.80. The van der Waals surface area contributed by atoms with Crippen molar-refractivity contribution >= 4 is 11.8 Å². The van der Waals surface area contributed by atoms with E-state index in [2.05, 4.69) is 23.5 Å². The Kier molecular flexibility index (Phi) is 3.47. The lowest BCUT2D eigenvalue weighted by Crippen LogP contribution is -2.65. The lowest BCUT2D eigenvalue weighted by atomic mass is 9.91. The molecule has 1 N–H and O–H groups in total.